The number of aliphatic hydroxyl groups is 1. The smallest absolute Gasteiger partial charge is 0.231 e. The summed E-state index contributed by atoms with van der Waals surface area (Å²) in [6.45, 7) is 3.85. The van der Waals surface area contributed by atoms with E-state index in [0.717, 1.165) is 22.4 Å². The maximum absolute atomic E-state index is 12.8. The zero-order valence-corrected chi connectivity index (χ0v) is 14.9. The van der Waals surface area contributed by atoms with Gasteiger partial charge in [-0.15, -0.1) is 0 Å². The van der Waals surface area contributed by atoms with Crippen molar-refractivity contribution in [1.82, 2.24) is 5.16 Å². The number of carbonyl (C=O) groups excluding carboxylic acids is 1. The van der Waals surface area contributed by atoms with Gasteiger partial charge in [-0.3, -0.25) is 4.79 Å². The van der Waals surface area contributed by atoms with Crippen LogP contribution < -0.4 is 9.47 Å². The summed E-state index contributed by atoms with van der Waals surface area (Å²) in [5.74, 6) is 1.58. The van der Waals surface area contributed by atoms with Gasteiger partial charge in [0.15, 0.2) is 22.9 Å². The number of hydrogen-bond acceptors (Lipinski definition) is 6. The molecule has 1 atom stereocenters. The molecular weight excluding hydrogens is 346 g/mol. The third-order valence-corrected chi connectivity index (χ3v) is 5.37. The van der Waals surface area contributed by atoms with Crippen LogP contribution in [-0.2, 0) is 16.8 Å². The van der Waals surface area contributed by atoms with Crippen molar-refractivity contribution in [1.29, 1.82) is 0 Å². The van der Waals surface area contributed by atoms with Gasteiger partial charge in [0.05, 0.1) is 5.69 Å². The number of carbonyl (C=O) groups is 1. The number of rotatable bonds is 2. The van der Waals surface area contributed by atoms with E-state index in [1.807, 2.05) is 32.0 Å². The summed E-state index contributed by atoms with van der Waals surface area (Å²) < 4.78 is 16.0. The third-order valence-electron chi connectivity index (χ3n) is 5.37. The van der Waals surface area contributed by atoms with Crippen LogP contribution in [0.2, 0.25) is 0 Å². The molecule has 27 heavy (non-hydrogen) atoms. The number of hydrogen-bond donors (Lipinski definition) is 1. The molecule has 3 aromatic rings. The second-order valence-corrected chi connectivity index (χ2v) is 6.95. The van der Waals surface area contributed by atoms with E-state index in [0.29, 0.717) is 28.4 Å². The molecule has 136 valence electrons. The summed E-state index contributed by atoms with van der Waals surface area (Å²) in [7, 11) is 0. The Morgan fingerprint density at radius 3 is 2.67 bits per heavy atom. The molecule has 2 heterocycles. The number of aromatic nitrogens is 1. The fraction of sp³-hybridized carbons (Fsp3) is 0.238. The van der Waals surface area contributed by atoms with Crippen LogP contribution in [0.3, 0.4) is 0 Å². The van der Waals surface area contributed by atoms with E-state index in [4.69, 9.17) is 14.0 Å². The average Bonchev–Trinajstić information content (AvgIpc) is 3.33. The van der Waals surface area contributed by atoms with Crippen LogP contribution in [0, 0.1) is 13.8 Å². The molecule has 1 N–H and O–H groups in total. The van der Waals surface area contributed by atoms with Gasteiger partial charge in [0.2, 0.25) is 6.79 Å². The largest absolute Gasteiger partial charge is 0.454 e. The van der Waals surface area contributed by atoms with E-state index in [1.165, 1.54) is 0 Å². The molecule has 0 saturated heterocycles. The number of ketones is 1. The summed E-state index contributed by atoms with van der Waals surface area (Å²) in [6.07, 6.45) is 0.183. The fourth-order valence-corrected chi connectivity index (χ4v) is 4.01. The number of Topliss-reactive ketones (excluding diaryl/α,β-unsaturated/α-hetero) is 1. The Kier molecular flexibility index (Phi) is 3.24. The molecule has 0 spiro atoms. The zero-order chi connectivity index (χ0) is 18.8. The first kappa shape index (κ1) is 16.1. The first-order valence-electron chi connectivity index (χ1n) is 8.71. The molecule has 0 amide bonds. The van der Waals surface area contributed by atoms with Crippen molar-refractivity contribution in [3.63, 3.8) is 0 Å². The number of nitrogens with zero attached hydrogens (tertiary/aromatic N) is 1. The number of benzene rings is 2. The van der Waals surface area contributed by atoms with Gasteiger partial charge in [0.25, 0.3) is 0 Å². The molecule has 2 aromatic carbocycles. The average molecular weight is 363 g/mol. The van der Waals surface area contributed by atoms with E-state index in [-0.39, 0.29) is 19.0 Å². The van der Waals surface area contributed by atoms with Crippen LogP contribution in [0.4, 0.5) is 0 Å². The Morgan fingerprint density at radius 1 is 1.07 bits per heavy atom. The molecular formula is C21H17NO5. The van der Waals surface area contributed by atoms with E-state index in [9.17, 15) is 9.90 Å². The molecule has 1 aliphatic heterocycles. The molecule has 1 aromatic heterocycles. The minimum Gasteiger partial charge on any atom is -0.454 e. The Bertz CT molecular complexity index is 1080. The summed E-state index contributed by atoms with van der Waals surface area (Å²) in [5, 5.41) is 15.5. The monoisotopic (exact) mass is 363 g/mol. The molecule has 0 saturated carbocycles. The third kappa shape index (κ3) is 2.16. The van der Waals surface area contributed by atoms with Crippen molar-refractivity contribution >= 4 is 5.78 Å². The standard InChI is InChI=1S/C21H17NO5/c1-11-20(12(2)27-22-11)14-4-3-13-8-19(23)21(24,16(13)7-14)15-5-6-17-18(9-15)26-10-25-17/h3-7,9,24H,8,10H2,1-2H3. The van der Waals surface area contributed by atoms with Crippen LogP contribution in [0.15, 0.2) is 40.9 Å². The van der Waals surface area contributed by atoms with Crippen molar-refractivity contribution in [3.05, 3.63) is 64.5 Å². The Hall–Kier alpha value is -3.12. The highest BCUT2D eigenvalue weighted by Crippen LogP contribution is 2.44. The first-order chi connectivity index (χ1) is 13.0. The van der Waals surface area contributed by atoms with Gasteiger partial charge in [-0.05, 0) is 54.3 Å². The Balaban J connectivity index is 1.68. The van der Waals surface area contributed by atoms with Gasteiger partial charge < -0.3 is 19.1 Å². The molecule has 2 aliphatic rings. The molecule has 1 unspecified atom stereocenters. The predicted molar refractivity (Wildman–Crippen MR) is 95.7 cm³/mol. The predicted octanol–water partition coefficient (Wildman–Crippen LogP) is 3.05. The summed E-state index contributed by atoms with van der Waals surface area (Å²) in [4.78, 5) is 12.8. The summed E-state index contributed by atoms with van der Waals surface area (Å²) in [6, 6.07) is 10.8. The quantitative estimate of drug-likeness (QED) is 0.754. The van der Waals surface area contributed by atoms with Gasteiger partial charge in [0.1, 0.15) is 5.76 Å². The van der Waals surface area contributed by atoms with E-state index >= 15 is 0 Å². The van der Waals surface area contributed by atoms with Crippen LogP contribution in [0.1, 0.15) is 28.1 Å². The van der Waals surface area contributed by atoms with Crippen molar-refractivity contribution in [2.45, 2.75) is 25.9 Å². The maximum atomic E-state index is 12.8. The number of ether oxygens (including phenoxy) is 2. The molecule has 0 fully saturated rings. The van der Waals surface area contributed by atoms with Gasteiger partial charge in [-0.1, -0.05) is 23.4 Å². The molecule has 5 rings (SSSR count). The molecule has 0 bridgehead atoms. The topological polar surface area (TPSA) is 81.8 Å². The highest BCUT2D eigenvalue weighted by molar-refractivity contribution is 5.98. The lowest BCUT2D eigenvalue weighted by Crippen LogP contribution is -2.33. The molecule has 1 aliphatic carbocycles. The minimum absolute atomic E-state index is 0.137. The van der Waals surface area contributed by atoms with Gasteiger partial charge in [0, 0.05) is 12.0 Å². The van der Waals surface area contributed by atoms with Crippen LogP contribution in [0.25, 0.3) is 11.1 Å². The highest BCUT2D eigenvalue weighted by Gasteiger charge is 2.47. The first-order valence-corrected chi connectivity index (χ1v) is 8.71. The normalized spacial score (nSPS) is 20.2. The molecule has 0 radical (unpaired) electrons. The van der Waals surface area contributed by atoms with Crippen molar-refractivity contribution in [3.8, 4) is 22.6 Å². The van der Waals surface area contributed by atoms with Gasteiger partial charge in [-0.2, -0.15) is 0 Å². The maximum Gasteiger partial charge on any atom is 0.231 e. The van der Waals surface area contributed by atoms with Crippen molar-refractivity contribution in [2.24, 2.45) is 0 Å². The van der Waals surface area contributed by atoms with Crippen LogP contribution >= 0.6 is 0 Å². The fourth-order valence-electron chi connectivity index (χ4n) is 4.01. The van der Waals surface area contributed by atoms with Crippen molar-refractivity contribution in [2.75, 3.05) is 6.79 Å². The Morgan fingerprint density at radius 2 is 1.89 bits per heavy atom. The van der Waals surface area contributed by atoms with E-state index in [2.05, 4.69) is 5.16 Å². The summed E-state index contributed by atoms with van der Waals surface area (Å²) in [5.41, 5.74) is 2.67. The number of aryl methyl sites for hydroxylation is 2. The van der Waals surface area contributed by atoms with Gasteiger partial charge >= 0.3 is 0 Å². The Labute approximate surface area is 155 Å². The zero-order valence-electron chi connectivity index (χ0n) is 14.9. The van der Waals surface area contributed by atoms with E-state index in [1.54, 1.807) is 18.2 Å². The van der Waals surface area contributed by atoms with E-state index < -0.39 is 5.60 Å². The second-order valence-electron chi connectivity index (χ2n) is 6.95. The second kappa shape index (κ2) is 5.44. The van der Waals surface area contributed by atoms with Crippen LogP contribution in [0.5, 0.6) is 11.5 Å². The lowest BCUT2D eigenvalue weighted by atomic mass is 9.85. The lowest BCUT2D eigenvalue weighted by molar-refractivity contribution is -0.131. The van der Waals surface area contributed by atoms with Crippen molar-refractivity contribution < 1.29 is 23.9 Å². The number of fused-ring (bicyclic) bond motifs is 2. The highest BCUT2D eigenvalue weighted by atomic mass is 16.7. The summed E-state index contributed by atoms with van der Waals surface area (Å²) >= 11 is 0. The molecule has 6 heteroatoms. The SMILES string of the molecule is Cc1noc(C)c1-c1ccc2c(c1)C(O)(c1ccc3c(c1)OCO3)C(=O)C2. The van der Waals surface area contributed by atoms with Gasteiger partial charge in [-0.25, -0.2) is 0 Å². The van der Waals surface area contributed by atoms with Crippen LogP contribution in [-0.4, -0.2) is 22.8 Å². The minimum atomic E-state index is -1.72. The lowest BCUT2D eigenvalue weighted by Gasteiger charge is -2.24. The molecule has 6 nitrogen and oxygen atoms in total.